The van der Waals surface area contributed by atoms with Crippen molar-refractivity contribution in [1.82, 2.24) is 0 Å². The highest BCUT2D eigenvalue weighted by atomic mass is 35.5. The zero-order chi connectivity index (χ0) is 17.0. The molecule has 2 aromatic carbocycles. The first-order valence-corrected chi connectivity index (χ1v) is 10.2. The summed E-state index contributed by atoms with van der Waals surface area (Å²) in [5.74, 6) is 0. The van der Waals surface area contributed by atoms with Gasteiger partial charge in [-0.3, -0.25) is 0 Å². The molecule has 124 valence electrons. The molecule has 0 spiro atoms. The van der Waals surface area contributed by atoms with Crippen LogP contribution in [0.2, 0.25) is 5.02 Å². The molecule has 2 heterocycles. The topological polar surface area (TPSA) is 32.6 Å². The Kier molecular flexibility index (Phi) is 3.57. The fourth-order valence-electron chi connectivity index (χ4n) is 3.56. The molecule has 25 heavy (non-hydrogen) atoms. The molecule has 0 saturated carbocycles. The number of nitrogens with zero attached hydrogens (tertiary/aromatic N) is 1. The van der Waals surface area contributed by atoms with Crippen LogP contribution in [0.25, 0.3) is 10.4 Å². The Morgan fingerprint density at radius 2 is 2.00 bits per heavy atom. The number of rotatable bonds is 2. The average molecular weight is 384 g/mol. The molecular formula is C20H14ClNOS2. The van der Waals surface area contributed by atoms with Gasteiger partial charge >= 0.3 is 0 Å². The number of aliphatic imine (C=N–C) groups is 1. The number of thiophene rings is 1. The van der Waals surface area contributed by atoms with E-state index in [9.17, 15) is 5.11 Å². The lowest BCUT2D eigenvalue weighted by atomic mass is 10.0. The summed E-state index contributed by atoms with van der Waals surface area (Å²) in [6.07, 6.45) is 0.823. The fraction of sp³-hybridized carbons (Fsp3) is 0.150. The zero-order valence-electron chi connectivity index (χ0n) is 13.1. The van der Waals surface area contributed by atoms with Crippen LogP contribution in [0.4, 0.5) is 0 Å². The number of hydrogen-bond acceptors (Lipinski definition) is 4. The smallest absolute Gasteiger partial charge is 0.196 e. The van der Waals surface area contributed by atoms with Crippen molar-refractivity contribution in [2.24, 2.45) is 4.99 Å². The van der Waals surface area contributed by atoms with Gasteiger partial charge in [-0.2, -0.15) is 0 Å². The number of fused-ring (bicyclic) bond motifs is 3. The summed E-state index contributed by atoms with van der Waals surface area (Å²) >= 11 is 9.48. The van der Waals surface area contributed by atoms with Crippen molar-refractivity contribution in [2.75, 3.05) is 0 Å². The van der Waals surface area contributed by atoms with Crippen molar-refractivity contribution in [3.05, 3.63) is 81.7 Å². The lowest BCUT2D eigenvalue weighted by Gasteiger charge is -2.19. The minimum atomic E-state index is -1.13. The van der Waals surface area contributed by atoms with E-state index in [-0.39, 0.29) is 5.25 Å². The second-order valence-corrected chi connectivity index (χ2v) is 8.89. The molecule has 0 radical (unpaired) electrons. The summed E-state index contributed by atoms with van der Waals surface area (Å²) in [6.45, 7) is 0. The molecule has 2 atom stereocenters. The van der Waals surface area contributed by atoms with Gasteiger partial charge in [-0.15, -0.1) is 11.3 Å². The molecule has 1 aliphatic carbocycles. The molecule has 2 aliphatic rings. The van der Waals surface area contributed by atoms with Gasteiger partial charge in [0.1, 0.15) is 5.04 Å². The van der Waals surface area contributed by atoms with E-state index in [4.69, 9.17) is 16.6 Å². The molecule has 0 amide bonds. The van der Waals surface area contributed by atoms with E-state index in [2.05, 4.69) is 29.6 Å². The number of benzene rings is 2. The largest absolute Gasteiger partial charge is 0.365 e. The summed E-state index contributed by atoms with van der Waals surface area (Å²) in [4.78, 5) is 5.96. The van der Waals surface area contributed by atoms with Crippen molar-refractivity contribution in [3.8, 4) is 10.4 Å². The summed E-state index contributed by atoms with van der Waals surface area (Å²) < 4.78 is 0. The molecule has 0 bridgehead atoms. The van der Waals surface area contributed by atoms with Crippen molar-refractivity contribution >= 4 is 39.7 Å². The highest BCUT2D eigenvalue weighted by Gasteiger charge is 2.50. The van der Waals surface area contributed by atoms with E-state index in [1.54, 1.807) is 23.1 Å². The van der Waals surface area contributed by atoms with E-state index >= 15 is 0 Å². The van der Waals surface area contributed by atoms with E-state index in [1.165, 1.54) is 16.0 Å². The van der Waals surface area contributed by atoms with E-state index < -0.39 is 5.72 Å². The van der Waals surface area contributed by atoms with Crippen LogP contribution in [0.15, 0.2) is 65.0 Å². The van der Waals surface area contributed by atoms with Crippen LogP contribution in [0.5, 0.6) is 0 Å². The molecule has 0 fully saturated rings. The Balaban J connectivity index is 1.55. The number of aliphatic hydroxyl groups is 1. The van der Waals surface area contributed by atoms with Gasteiger partial charge < -0.3 is 5.11 Å². The number of halogens is 1. The van der Waals surface area contributed by atoms with Gasteiger partial charge in [0.25, 0.3) is 0 Å². The fourth-order valence-corrected chi connectivity index (χ4v) is 5.80. The molecule has 5 rings (SSSR count). The first-order valence-electron chi connectivity index (χ1n) is 8.05. The maximum absolute atomic E-state index is 11.3. The van der Waals surface area contributed by atoms with Crippen LogP contribution >= 0.6 is 34.7 Å². The molecular weight excluding hydrogens is 370 g/mol. The monoisotopic (exact) mass is 383 g/mol. The third-order valence-corrected chi connectivity index (χ3v) is 7.24. The van der Waals surface area contributed by atoms with Gasteiger partial charge in [-0.1, -0.05) is 53.7 Å². The molecule has 0 saturated heterocycles. The lowest BCUT2D eigenvalue weighted by molar-refractivity contribution is 0.0581. The molecule has 5 heteroatoms. The summed E-state index contributed by atoms with van der Waals surface area (Å²) in [5, 5.41) is 14.9. The Morgan fingerprint density at radius 3 is 2.80 bits per heavy atom. The van der Waals surface area contributed by atoms with Crippen LogP contribution in [0.1, 0.15) is 16.7 Å². The van der Waals surface area contributed by atoms with E-state index in [0.29, 0.717) is 5.02 Å². The van der Waals surface area contributed by atoms with Gasteiger partial charge in [-0.25, -0.2) is 4.99 Å². The van der Waals surface area contributed by atoms with Crippen LogP contribution < -0.4 is 0 Å². The molecule has 1 aliphatic heterocycles. The quantitative estimate of drug-likeness (QED) is 0.648. The first-order chi connectivity index (χ1) is 12.1. The highest BCUT2D eigenvalue weighted by Crippen LogP contribution is 2.51. The van der Waals surface area contributed by atoms with Gasteiger partial charge in [0.15, 0.2) is 5.72 Å². The summed E-state index contributed by atoms with van der Waals surface area (Å²) in [6, 6.07) is 18.2. The normalized spacial score (nSPS) is 24.1. The second kappa shape index (κ2) is 5.71. The maximum Gasteiger partial charge on any atom is 0.196 e. The number of hydrogen-bond donors (Lipinski definition) is 1. The predicted octanol–water partition coefficient (Wildman–Crippen LogP) is 5.33. The molecule has 2 nitrogen and oxygen atoms in total. The average Bonchev–Trinajstić information content (AvgIpc) is 3.28. The Bertz CT molecular complexity index is 999. The van der Waals surface area contributed by atoms with E-state index in [1.807, 2.05) is 30.3 Å². The Labute approximate surface area is 159 Å². The minimum Gasteiger partial charge on any atom is -0.365 e. The SMILES string of the molecule is OC12N=C(c3cccc(Cl)c3)SC1Cc1cc(-c3cccs3)ccc12. The van der Waals surface area contributed by atoms with Crippen molar-refractivity contribution in [1.29, 1.82) is 0 Å². The third-order valence-electron chi connectivity index (χ3n) is 4.76. The lowest BCUT2D eigenvalue weighted by Crippen LogP contribution is -2.27. The molecule has 1 N–H and O–H groups in total. The summed E-state index contributed by atoms with van der Waals surface area (Å²) in [5.41, 5.74) is 3.17. The standard InChI is InChI=1S/C20H14ClNOS2/c21-15-4-1-3-13(10-15)19-22-20(23)16-7-6-12(17-5-2-8-24-17)9-14(16)11-18(20)25-19/h1-10,18,23H,11H2. The molecule has 3 aromatic rings. The third kappa shape index (κ3) is 2.48. The maximum atomic E-state index is 11.3. The van der Waals surface area contributed by atoms with Crippen molar-refractivity contribution in [3.63, 3.8) is 0 Å². The Morgan fingerprint density at radius 1 is 1.08 bits per heavy atom. The van der Waals surface area contributed by atoms with Crippen molar-refractivity contribution in [2.45, 2.75) is 17.4 Å². The second-order valence-electron chi connectivity index (χ2n) is 6.31. The predicted molar refractivity (Wildman–Crippen MR) is 107 cm³/mol. The Hall–Kier alpha value is -1.59. The number of thioether (sulfide) groups is 1. The van der Waals surface area contributed by atoms with Crippen molar-refractivity contribution < 1.29 is 5.11 Å². The van der Waals surface area contributed by atoms with Gasteiger partial charge in [0.05, 0.1) is 5.25 Å². The minimum absolute atomic E-state index is 0.0232. The van der Waals surface area contributed by atoms with E-state index in [0.717, 1.165) is 22.6 Å². The first kappa shape index (κ1) is 15.6. The summed E-state index contributed by atoms with van der Waals surface area (Å²) in [7, 11) is 0. The van der Waals surface area contributed by atoms with Crippen LogP contribution in [-0.2, 0) is 12.1 Å². The molecule has 1 aromatic heterocycles. The zero-order valence-corrected chi connectivity index (χ0v) is 15.5. The molecule has 2 unspecified atom stereocenters. The highest BCUT2D eigenvalue weighted by molar-refractivity contribution is 8.15. The van der Waals surface area contributed by atoms with Crippen LogP contribution in [-0.4, -0.2) is 15.4 Å². The van der Waals surface area contributed by atoms with Crippen LogP contribution in [0, 0.1) is 0 Å². The van der Waals surface area contributed by atoms with Gasteiger partial charge in [0, 0.05) is 21.0 Å². The van der Waals surface area contributed by atoms with Gasteiger partial charge in [-0.05, 0) is 47.2 Å². The van der Waals surface area contributed by atoms with Gasteiger partial charge in [0.2, 0.25) is 0 Å². The van der Waals surface area contributed by atoms with Crippen LogP contribution in [0.3, 0.4) is 0 Å².